The van der Waals surface area contributed by atoms with Gasteiger partial charge in [-0.1, -0.05) is 0 Å². The molecule has 0 fully saturated rings. The number of hydrogen-bond acceptors (Lipinski definition) is 9. The van der Waals surface area contributed by atoms with Crippen LogP contribution in [0.5, 0.6) is 0 Å². The molecule has 9 heteroatoms. The van der Waals surface area contributed by atoms with E-state index < -0.39 is 0 Å². The van der Waals surface area contributed by atoms with Gasteiger partial charge in [-0.25, -0.2) is 0 Å². The molecule has 3 aromatic heterocycles. The summed E-state index contributed by atoms with van der Waals surface area (Å²) in [4.78, 5) is 0. The first kappa shape index (κ1) is 10.2. The summed E-state index contributed by atoms with van der Waals surface area (Å²) < 4.78 is 0. The molecular weight excluding hydrogens is 234 g/mol. The van der Waals surface area contributed by atoms with Gasteiger partial charge in [-0.05, 0) is 27.8 Å². The molecule has 9 nitrogen and oxygen atoms in total. The van der Waals surface area contributed by atoms with E-state index in [1.54, 1.807) is 12.1 Å². The van der Waals surface area contributed by atoms with Crippen molar-refractivity contribution in [1.29, 1.82) is 0 Å². The Morgan fingerprint density at radius 1 is 0.667 bits per heavy atom. The Balaban J connectivity index is 2.18. The molecule has 0 radical (unpaired) electrons. The van der Waals surface area contributed by atoms with Crippen molar-refractivity contribution < 1.29 is 0 Å². The molecule has 0 amide bonds. The van der Waals surface area contributed by atoms with Gasteiger partial charge in [0.05, 0.1) is 24.2 Å². The van der Waals surface area contributed by atoms with Gasteiger partial charge in [-0.2, -0.15) is 0 Å². The topological polar surface area (TPSA) is 116 Å². The predicted molar refractivity (Wildman–Crippen MR) is 57.5 cm³/mol. The molecule has 3 rings (SSSR count). The standard InChI is InChI=1S/C9H5N9/c1-3-10-16-13-7(1)6-5-12-18-15-9(6)8-2-4-11-17-14-8/h1-5H. The van der Waals surface area contributed by atoms with E-state index in [4.69, 9.17) is 0 Å². The zero-order chi connectivity index (χ0) is 12.2. The van der Waals surface area contributed by atoms with Gasteiger partial charge in [-0.15, -0.1) is 30.6 Å². The van der Waals surface area contributed by atoms with Gasteiger partial charge in [-0.3, -0.25) is 0 Å². The molecule has 0 aliphatic carbocycles. The van der Waals surface area contributed by atoms with Crippen molar-refractivity contribution in [1.82, 2.24) is 46.2 Å². The lowest BCUT2D eigenvalue weighted by atomic mass is 10.1. The van der Waals surface area contributed by atoms with Crippen LogP contribution in [0, 0.1) is 0 Å². The number of aromatic nitrogens is 9. The summed E-state index contributed by atoms with van der Waals surface area (Å²) >= 11 is 0. The SMILES string of the molecule is c1cc(-c2cnnnc2-c2ccnnn2)nnn1. The summed E-state index contributed by atoms with van der Waals surface area (Å²) in [6.45, 7) is 0. The summed E-state index contributed by atoms with van der Waals surface area (Å²) in [6, 6.07) is 3.37. The lowest BCUT2D eigenvalue weighted by Gasteiger charge is -2.03. The van der Waals surface area contributed by atoms with Crippen LogP contribution < -0.4 is 0 Å². The molecular formula is C9H5N9. The van der Waals surface area contributed by atoms with Gasteiger partial charge in [0, 0.05) is 0 Å². The summed E-state index contributed by atoms with van der Waals surface area (Å²) in [7, 11) is 0. The third-order valence-corrected chi connectivity index (χ3v) is 2.16. The highest BCUT2D eigenvalue weighted by atomic mass is 15.3. The van der Waals surface area contributed by atoms with Gasteiger partial charge in [0.2, 0.25) is 0 Å². The number of hydrogen-bond donors (Lipinski definition) is 0. The maximum absolute atomic E-state index is 3.95. The van der Waals surface area contributed by atoms with Crippen LogP contribution in [0.3, 0.4) is 0 Å². The van der Waals surface area contributed by atoms with Crippen LogP contribution in [0.4, 0.5) is 0 Å². The molecule has 3 aromatic rings. The largest absolute Gasteiger partial charge is 0.139 e. The van der Waals surface area contributed by atoms with Crippen LogP contribution in [0.25, 0.3) is 22.6 Å². The zero-order valence-corrected chi connectivity index (χ0v) is 8.91. The average molecular weight is 239 g/mol. The highest BCUT2D eigenvalue weighted by molar-refractivity contribution is 5.75. The van der Waals surface area contributed by atoms with E-state index in [0.717, 1.165) is 0 Å². The fourth-order valence-electron chi connectivity index (χ4n) is 1.40. The Bertz CT molecular complexity index is 584. The van der Waals surface area contributed by atoms with Crippen molar-refractivity contribution in [3.8, 4) is 22.6 Å². The Kier molecular flexibility index (Phi) is 2.55. The predicted octanol–water partition coefficient (Wildman–Crippen LogP) is -0.424. The molecule has 0 saturated heterocycles. The molecule has 0 aliphatic heterocycles. The van der Waals surface area contributed by atoms with Crippen molar-refractivity contribution in [2.75, 3.05) is 0 Å². The van der Waals surface area contributed by atoms with E-state index in [1.165, 1.54) is 18.6 Å². The molecule has 0 aromatic carbocycles. The number of rotatable bonds is 2. The van der Waals surface area contributed by atoms with Crippen molar-refractivity contribution in [3.05, 3.63) is 30.7 Å². The maximum Gasteiger partial charge on any atom is 0.126 e. The molecule has 0 saturated carbocycles. The lowest BCUT2D eigenvalue weighted by Crippen LogP contribution is -2.00. The van der Waals surface area contributed by atoms with E-state index in [2.05, 4.69) is 46.2 Å². The van der Waals surface area contributed by atoms with Gasteiger partial charge in [0.25, 0.3) is 0 Å². The molecule has 0 atom stereocenters. The highest BCUT2D eigenvalue weighted by Crippen LogP contribution is 2.24. The second-order valence-corrected chi connectivity index (χ2v) is 3.21. The second kappa shape index (κ2) is 4.49. The van der Waals surface area contributed by atoms with E-state index in [1.807, 2.05) is 0 Å². The molecule has 0 N–H and O–H groups in total. The van der Waals surface area contributed by atoms with Crippen LogP contribution in [0.15, 0.2) is 30.7 Å². The quantitative estimate of drug-likeness (QED) is 0.587. The van der Waals surface area contributed by atoms with Crippen LogP contribution in [0.1, 0.15) is 0 Å². The van der Waals surface area contributed by atoms with Crippen LogP contribution in [-0.2, 0) is 0 Å². The fourth-order valence-corrected chi connectivity index (χ4v) is 1.40. The van der Waals surface area contributed by atoms with E-state index in [-0.39, 0.29) is 0 Å². The Labute approximate surface area is 100 Å². The first-order valence-corrected chi connectivity index (χ1v) is 4.93. The third kappa shape index (κ3) is 1.84. The summed E-state index contributed by atoms with van der Waals surface area (Å²) in [6.07, 6.45) is 4.59. The molecule has 86 valence electrons. The summed E-state index contributed by atoms with van der Waals surface area (Å²) in [5, 5.41) is 33.4. The van der Waals surface area contributed by atoms with Crippen LogP contribution >= 0.6 is 0 Å². The molecule has 18 heavy (non-hydrogen) atoms. The van der Waals surface area contributed by atoms with E-state index >= 15 is 0 Å². The van der Waals surface area contributed by atoms with E-state index in [0.29, 0.717) is 22.6 Å². The molecule has 0 unspecified atom stereocenters. The maximum atomic E-state index is 3.95. The first-order chi connectivity index (χ1) is 8.95. The normalized spacial score (nSPS) is 10.2. The van der Waals surface area contributed by atoms with E-state index in [9.17, 15) is 0 Å². The Morgan fingerprint density at radius 2 is 1.33 bits per heavy atom. The average Bonchev–Trinajstić information content (AvgIpc) is 2.49. The zero-order valence-electron chi connectivity index (χ0n) is 8.91. The third-order valence-electron chi connectivity index (χ3n) is 2.16. The second-order valence-electron chi connectivity index (χ2n) is 3.21. The molecule has 3 heterocycles. The van der Waals surface area contributed by atoms with Gasteiger partial charge in [0.1, 0.15) is 17.1 Å². The molecule has 0 aliphatic rings. The monoisotopic (exact) mass is 239 g/mol. The van der Waals surface area contributed by atoms with Gasteiger partial charge in [0.15, 0.2) is 0 Å². The first-order valence-electron chi connectivity index (χ1n) is 4.93. The smallest absolute Gasteiger partial charge is 0.126 e. The van der Waals surface area contributed by atoms with Crippen molar-refractivity contribution >= 4 is 0 Å². The van der Waals surface area contributed by atoms with Crippen LogP contribution in [-0.4, -0.2) is 46.2 Å². The summed E-state index contributed by atoms with van der Waals surface area (Å²) in [5.74, 6) is 0. The lowest BCUT2D eigenvalue weighted by molar-refractivity contribution is 0.834. The Hall–Kier alpha value is -2.97. The molecule has 0 spiro atoms. The van der Waals surface area contributed by atoms with Crippen LogP contribution in [0.2, 0.25) is 0 Å². The molecule has 0 bridgehead atoms. The Morgan fingerprint density at radius 3 is 2.00 bits per heavy atom. The van der Waals surface area contributed by atoms with Gasteiger partial charge < -0.3 is 0 Å². The van der Waals surface area contributed by atoms with Crippen molar-refractivity contribution in [2.45, 2.75) is 0 Å². The minimum absolute atomic E-state index is 0.514. The van der Waals surface area contributed by atoms with Gasteiger partial charge >= 0.3 is 0 Å². The highest BCUT2D eigenvalue weighted by Gasteiger charge is 2.12. The summed E-state index contributed by atoms with van der Waals surface area (Å²) in [5.41, 5.74) is 2.29. The number of nitrogens with zero attached hydrogens (tertiary/aromatic N) is 9. The van der Waals surface area contributed by atoms with Crippen molar-refractivity contribution in [2.24, 2.45) is 0 Å². The minimum atomic E-state index is 0.514. The van der Waals surface area contributed by atoms with Crippen molar-refractivity contribution in [3.63, 3.8) is 0 Å². The fraction of sp³-hybridized carbons (Fsp3) is 0. The minimum Gasteiger partial charge on any atom is -0.139 e.